The molecule has 0 aliphatic heterocycles. The van der Waals surface area contributed by atoms with E-state index in [9.17, 15) is 49.8 Å². The molecule has 10 nitrogen and oxygen atoms in total. The molecule has 0 bridgehead atoms. The van der Waals surface area contributed by atoms with Crippen molar-refractivity contribution in [2.75, 3.05) is 0 Å². The summed E-state index contributed by atoms with van der Waals surface area (Å²) in [4.78, 5) is 52.6. The first-order valence-electron chi connectivity index (χ1n) is 12.6. The van der Waals surface area contributed by atoms with Gasteiger partial charge in [-0.1, -0.05) is 19.9 Å². The summed E-state index contributed by atoms with van der Waals surface area (Å²) < 4.78 is 0. The van der Waals surface area contributed by atoms with Gasteiger partial charge >= 0.3 is 0 Å². The van der Waals surface area contributed by atoms with Crippen molar-refractivity contribution in [1.82, 2.24) is 0 Å². The third-order valence-electron chi connectivity index (χ3n) is 7.02. The molecule has 4 rings (SSSR count). The van der Waals surface area contributed by atoms with Crippen molar-refractivity contribution >= 4 is 10.8 Å². The lowest BCUT2D eigenvalue weighted by atomic mass is 9.92. The zero-order valence-corrected chi connectivity index (χ0v) is 21.8. The number of hydrogen-bond donors (Lipinski definition) is 6. The fourth-order valence-corrected chi connectivity index (χ4v) is 4.94. The first-order chi connectivity index (χ1) is 18.8. The number of phenolic OH excluding ortho intramolecular Hbond substituents is 4. The molecule has 6 N–H and O–H groups in total. The summed E-state index contributed by atoms with van der Waals surface area (Å²) in [5.41, 5.74) is -5.45. The van der Waals surface area contributed by atoms with Gasteiger partial charge in [0.1, 0.15) is 23.0 Å². The van der Waals surface area contributed by atoms with Gasteiger partial charge in [-0.15, -0.1) is 6.58 Å². The molecular formula is C30H28O10. The predicted molar refractivity (Wildman–Crippen MR) is 148 cm³/mol. The molecule has 2 aliphatic carbocycles. The van der Waals surface area contributed by atoms with E-state index in [4.69, 9.17) is 0 Å². The molecule has 0 amide bonds. The average molecular weight is 549 g/mol. The second-order valence-electron chi connectivity index (χ2n) is 10.2. The molecule has 2 aromatic carbocycles. The quantitative estimate of drug-likeness (QED) is 0.141. The molecule has 0 saturated heterocycles. The number of hydrogen-bond acceptors (Lipinski definition) is 10. The van der Waals surface area contributed by atoms with Crippen molar-refractivity contribution in [1.29, 1.82) is 0 Å². The van der Waals surface area contributed by atoms with Crippen LogP contribution in [-0.2, 0) is 0 Å². The molecule has 0 saturated carbocycles. The normalized spacial score (nSPS) is 13.2. The van der Waals surface area contributed by atoms with Gasteiger partial charge in [-0.3, -0.25) is 19.2 Å². The minimum absolute atomic E-state index is 0.00193. The Hall–Kier alpha value is -4.54. The van der Waals surface area contributed by atoms with E-state index in [1.54, 1.807) is 0 Å². The zero-order valence-electron chi connectivity index (χ0n) is 21.8. The van der Waals surface area contributed by atoms with Gasteiger partial charge in [-0.05, 0) is 49.4 Å². The highest BCUT2D eigenvalue weighted by Crippen LogP contribution is 2.49. The van der Waals surface area contributed by atoms with Crippen molar-refractivity contribution in [2.45, 2.75) is 45.3 Å². The molecule has 0 spiro atoms. The number of phenols is 4. The van der Waals surface area contributed by atoms with Crippen LogP contribution in [0.1, 0.15) is 56.4 Å². The molecule has 0 unspecified atom stereocenters. The predicted octanol–water partition coefficient (Wildman–Crippen LogP) is 2.45. The van der Waals surface area contributed by atoms with Crippen LogP contribution in [0.5, 0.6) is 23.0 Å². The Morgan fingerprint density at radius 3 is 1.90 bits per heavy atom. The molecule has 0 radical (unpaired) electrons. The van der Waals surface area contributed by atoms with Gasteiger partial charge in [0.25, 0.3) is 0 Å². The minimum Gasteiger partial charge on any atom is -0.507 e. The Morgan fingerprint density at radius 2 is 1.27 bits per heavy atom. The Labute approximate surface area is 226 Å². The first-order valence-corrected chi connectivity index (χ1v) is 12.6. The smallest absolute Gasteiger partial charge is 0.198 e. The third kappa shape index (κ3) is 4.61. The molecule has 0 fully saturated rings. The van der Waals surface area contributed by atoms with Crippen LogP contribution >= 0.6 is 0 Å². The molecule has 2 aliphatic rings. The number of benzene rings is 2. The molecular weight excluding hydrogens is 520 g/mol. The standard InChI is InChI=1S/C30H28O10/c1-4-5-17(31)15-10-21(35)23-25(29(15)39)19(33)8-13(27(23)37)14-9-20(34)26-24(28(14)38)22(36)11-16(30(26)40)18(32)7-6-12(2)3/h4,8-12,17-18,31-33,35,37,39H,1,5-7H2,2-3H3/t17-,18+/m1/s1. The van der Waals surface area contributed by atoms with Crippen LogP contribution < -0.4 is 21.7 Å². The van der Waals surface area contributed by atoms with Crippen molar-refractivity contribution in [3.05, 3.63) is 99.4 Å². The van der Waals surface area contributed by atoms with Crippen LogP contribution in [0.3, 0.4) is 0 Å². The van der Waals surface area contributed by atoms with E-state index in [0.717, 1.165) is 24.3 Å². The Kier molecular flexibility index (Phi) is 7.51. The summed E-state index contributed by atoms with van der Waals surface area (Å²) in [7, 11) is 0. The van der Waals surface area contributed by atoms with Crippen LogP contribution in [0.4, 0.5) is 0 Å². The van der Waals surface area contributed by atoms with Gasteiger partial charge in [0, 0.05) is 22.3 Å². The maximum absolute atomic E-state index is 13.4. The van der Waals surface area contributed by atoms with Gasteiger partial charge in [0.15, 0.2) is 21.7 Å². The number of fused-ring (bicyclic) bond motifs is 1. The summed E-state index contributed by atoms with van der Waals surface area (Å²) >= 11 is 0. The molecule has 40 heavy (non-hydrogen) atoms. The number of aliphatic hydroxyl groups is 2. The van der Waals surface area contributed by atoms with Crippen LogP contribution in [-0.4, -0.2) is 30.6 Å². The van der Waals surface area contributed by atoms with Crippen molar-refractivity contribution in [2.24, 2.45) is 5.92 Å². The molecule has 2 aromatic rings. The van der Waals surface area contributed by atoms with Crippen LogP contribution in [0.15, 0.2) is 56.1 Å². The third-order valence-corrected chi connectivity index (χ3v) is 7.02. The first kappa shape index (κ1) is 28.5. The lowest BCUT2D eigenvalue weighted by Gasteiger charge is -2.17. The van der Waals surface area contributed by atoms with Gasteiger partial charge in [0.05, 0.1) is 33.4 Å². The largest absolute Gasteiger partial charge is 0.507 e. The van der Waals surface area contributed by atoms with E-state index in [1.807, 2.05) is 13.8 Å². The summed E-state index contributed by atoms with van der Waals surface area (Å²) in [6.07, 6.45) is -0.521. The van der Waals surface area contributed by atoms with E-state index in [-0.39, 0.29) is 29.9 Å². The molecule has 0 heterocycles. The SMILES string of the molecule is C=CC[C@@H](O)c1cc(O)c2c(O)c(-c3cc(=O)c4c(=O)c([C@@H](O)CCC(C)C)cc(=O)c=4c3=O)cc(O)c2c1O. The van der Waals surface area contributed by atoms with E-state index < -0.39 is 89.3 Å². The van der Waals surface area contributed by atoms with Crippen molar-refractivity contribution in [3.8, 4) is 34.1 Å². The van der Waals surface area contributed by atoms with Gasteiger partial charge in [-0.2, -0.15) is 0 Å². The monoisotopic (exact) mass is 548 g/mol. The summed E-state index contributed by atoms with van der Waals surface area (Å²) in [6, 6.07) is 3.39. The fraction of sp³-hybridized carbons (Fsp3) is 0.267. The fourth-order valence-electron chi connectivity index (χ4n) is 4.94. The molecule has 0 aromatic heterocycles. The van der Waals surface area contributed by atoms with Crippen LogP contribution in [0.25, 0.3) is 21.9 Å². The van der Waals surface area contributed by atoms with Gasteiger partial charge in [0.2, 0.25) is 0 Å². The summed E-state index contributed by atoms with van der Waals surface area (Å²) in [6.45, 7) is 7.32. The van der Waals surface area contributed by atoms with Gasteiger partial charge in [-0.25, -0.2) is 0 Å². The Bertz CT molecular complexity index is 1930. The number of rotatable bonds is 8. The van der Waals surface area contributed by atoms with Crippen LogP contribution in [0, 0.1) is 16.4 Å². The van der Waals surface area contributed by atoms with Gasteiger partial charge < -0.3 is 30.6 Å². The van der Waals surface area contributed by atoms with E-state index in [2.05, 4.69) is 6.58 Å². The topological polar surface area (TPSA) is 190 Å². The molecule has 10 heteroatoms. The molecule has 208 valence electrons. The second kappa shape index (κ2) is 10.6. The van der Waals surface area contributed by atoms with E-state index in [0.29, 0.717) is 6.42 Å². The minimum atomic E-state index is -1.31. The highest BCUT2D eigenvalue weighted by Gasteiger charge is 2.26. The van der Waals surface area contributed by atoms with Crippen LogP contribution in [0.2, 0.25) is 0 Å². The maximum Gasteiger partial charge on any atom is 0.198 e. The lowest BCUT2D eigenvalue weighted by molar-refractivity contribution is 0.158. The highest BCUT2D eigenvalue weighted by molar-refractivity contribution is 6.06. The van der Waals surface area contributed by atoms with E-state index >= 15 is 0 Å². The van der Waals surface area contributed by atoms with Crippen molar-refractivity contribution < 1.29 is 30.6 Å². The second-order valence-corrected chi connectivity index (χ2v) is 10.2. The maximum atomic E-state index is 13.4. The molecule has 2 atom stereocenters. The Balaban J connectivity index is 2.02. The lowest BCUT2D eigenvalue weighted by Crippen LogP contribution is -2.31. The van der Waals surface area contributed by atoms with Crippen molar-refractivity contribution in [3.63, 3.8) is 0 Å². The zero-order chi connectivity index (χ0) is 29.6. The number of aromatic hydroxyl groups is 4. The van der Waals surface area contributed by atoms with E-state index in [1.165, 1.54) is 6.08 Å². The average Bonchev–Trinajstić information content (AvgIpc) is 2.89. The summed E-state index contributed by atoms with van der Waals surface area (Å²) in [5, 5.41) is 61.5. The number of aliphatic hydroxyl groups excluding tert-OH is 2. The Morgan fingerprint density at radius 1 is 0.700 bits per heavy atom. The summed E-state index contributed by atoms with van der Waals surface area (Å²) in [5.74, 6) is -2.63. The highest BCUT2D eigenvalue weighted by atomic mass is 16.3.